The van der Waals surface area contributed by atoms with Crippen LogP contribution in [0.25, 0.3) is 0 Å². The van der Waals surface area contributed by atoms with E-state index in [2.05, 4.69) is 4.99 Å². The number of fused-ring (bicyclic) bond motifs is 1. The number of rotatable bonds is 3. The van der Waals surface area contributed by atoms with Crippen LogP contribution in [0.3, 0.4) is 0 Å². The standard InChI is InChI=1S/C16H19ClN2O3S2/c1-3-10(2)15(20)18-16-19(12-6-4-5-11(17)7-12)13-8-24(21,22)9-14(13)23-16/h4-7,10,13-14H,3,8-9H2,1-2H3/t10-,13+,14+/m0/s1. The lowest BCUT2D eigenvalue weighted by molar-refractivity contribution is -0.121. The predicted octanol–water partition coefficient (Wildman–Crippen LogP) is 2.99. The van der Waals surface area contributed by atoms with Crippen molar-refractivity contribution in [2.75, 3.05) is 16.4 Å². The lowest BCUT2D eigenvalue weighted by Gasteiger charge is -2.24. The van der Waals surface area contributed by atoms with E-state index in [-0.39, 0.29) is 34.6 Å². The van der Waals surface area contributed by atoms with Crippen molar-refractivity contribution in [3.8, 4) is 0 Å². The van der Waals surface area contributed by atoms with E-state index in [1.807, 2.05) is 30.9 Å². The average Bonchev–Trinajstić information content (AvgIpc) is 2.97. The summed E-state index contributed by atoms with van der Waals surface area (Å²) >= 11 is 7.47. The maximum absolute atomic E-state index is 12.2. The lowest BCUT2D eigenvalue weighted by Crippen LogP contribution is -2.37. The molecule has 0 unspecified atom stereocenters. The van der Waals surface area contributed by atoms with Gasteiger partial charge in [0.05, 0.1) is 17.5 Å². The molecule has 0 spiro atoms. The maximum Gasteiger partial charge on any atom is 0.250 e. The van der Waals surface area contributed by atoms with E-state index in [1.165, 1.54) is 11.8 Å². The Morgan fingerprint density at radius 1 is 1.46 bits per heavy atom. The number of amidine groups is 1. The molecule has 24 heavy (non-hydrogen) atoms. The molecular formula is C16H19ClN2O3S2. The molecular weight excluding hydrogens is 368 g/mol. The summed E-state index contributed by atoms with van der Waals surface area (Å²) in [7, 11) is -3.06. The third-order valence-electron chi connectivity index (χ3n) is 4.39. The number of hydrogen-bond donors (Lipinski definition) is 0. The van der Waals surface area contributed by atoms with Crippen molar-refractivity contribution in [2.24, 2.45) is 10.9 Å². The van der Waals surface area contributed by atoms with Crippen LogP contribution < -0.4 is 4.90 Å². The van der Waals surface area contributed by atoms with Gasteiger partial charge >= 0.3 is 0 Å². The van der Waals surface area contributed by atoms with E-state index in [0.29, 0.717) is 10.2 Å². The summed E-state index contributed by atoms with van der Waals surface area (Å²) in [6, 6.07) is 7.01. The van der Waals surface area contributed by atoms with Crippen molar-refractivity contribution in [1.82, 2.24) is 0 Å². The first-order chi connectivity index (χ1) is 11.3. The van der Waals surface area contributed by atoms with Gasteiger partial charge in [0.25, 0.3) is 5.91 Å². The van der Waals surface area contributed by atoms with Crippen molar-refractivity contribution >= 4 is 50.0 Å². The number of benzene rings is 1. The summed E-state index contributed by atoms with van der Waals surface area (Å²) in [5, 5.41) is 1.04. The van der Waals surface area contributed by atoms with Crippen LogP contribution in [0.2, 0.25) is 5.02 Å². The van der Waals surface area contributed by atoms with Gasteiger partial charge in [0, 0.05) is 21.9 Å². The fraction of sp³-hybridized carbons (Fsp3) is 0.500. The Morgan fingerprint density at radius 3 is 2.88 bits per heavy atom. The molecule has 2 heterocycles. The highest BCUT2D eigenvalue weighted by atomic mass is 35.5. The highest BCUT2D eigenvalue weighted by Gasteiger charge is 2.49. The number of sulfone groups is 1. The topological polar surface area (TPSA) is 66.8 Å². The number of nitrogens with zero attached hydrogens (tertiary/aromatic N) is 2. The van der Waals surface area contributed by atoms with Crippen LogP contribution in [0, 0.1) is 5.92 Å². The highest BCUT2D eigenvalue weighted by Crippen LogP contribution is 2.41. The molecule has 3 rings (SSSR count). The van der Waals surface area contributed by atoms with Crippen molar-refractivity contribution < 1.29 is 13.2 Å². The zero-order chi connectivity index (χ0) is 17.5. The number of carbonyl (C=O) groups is 1. The molecule has 0 bridgehead atoms. The van der Waals surface area contributed by atoms with Crippen LogP contribution in [0.4, 0.5) is 5.69 Å². The fourth-order valence-electron chi connectivity index (χ4n) is 2.87. The van der Waals surface area contributed by atoms with E-state index < -0.39 is 9.84 Å². The van der Waals surface area contributed by atoms with Crippen LogP contribution in [-0.2, 0) is 14.6 Å². The molecule has 1 aromatic carbocycles. The molecule has 0 saturated carbocycles. The van der Waals surface area contributed by atoms with E-state index in [4.69, 9.17) is 11.6 Å². The Labute approximate surface area is 151 Å². The monoisotopic (exact) mass is 386 g/mol. The molecule has 0 N–H and O–H groups in total. The minimum Gasteiger partial charge on any atom is -0.316 e. The molecule has 0 aliphatic carbocycles. The Hall–Kier alpha value is -1.05. The quantitative estimate of drug-likeness (QED) is 0.798. The minimum absolute atomic E-state index is 0.0771. The summed E-state index contributed by atoms with van der Waals surface area (Å²) in [5.74, 6) is -0.123. The first-order valence-corrected chi connectivity index (χ1v) is 10.9. The number of amides is 1. The van der Waals surface area contributed by atoms with E-state index in [1.54, 1.807) is 12.1 Å². The molecule has 5 nitrogen and oxygen atoms in total. The smallest absolute Gasteiger partial charge is 0.250 e. The van der Waals surface area contributed by atoms with Crippen LogP contribution >= 0.6 is 23.4 Å². The molecule has 2 aliphatic heterocycles. The number of hydrogen-bond acceptors (Lipinski definition) is 4. The number of carbonyl (C=O) groups excluding carboxylic acids is 1. The molecule has 0 aromatic heterocycles. The average molecular weight is 387 g/mol. The summed E-state index contributed by atoms with van der Waals surface area (Å²) < 4.78 is 24.0. The Balaban J connectivity index is 2.00. The molecule has 1 aromatic rings. The first-order valence-electron chi connectivity index (χ1n) is 7.85. The van der Waals surface area contributed by atoms with Crippen LogP contribution in [0.15, 0.2) is 29.3 Å². The van der Waals surface area contributed by atoms with Crippen LogP contribution in [-0.4, -0.2) is 42.3 Å². The number of anilines is 1. The van der Waals surface area contributed by atoms with Crippen LogP contribution in [0.1, 0.15) is 20.3 Å². The van der Waals surface area contributed by atoms with Gasteiger partial charge in [0.1, 0.15) is 0 Å². The Morgan fingerprint density at radius 2 is 2.21 bits per heavy atom. The number of halogens is 1. The largest absolute Gasteiger partial charge is 0.316 e. The van der Waals surface area contributed by atoms with Crippen LogP contribution in [0.5, 0.6) is 0 Å². The van der Waals surface area contributed by atoms with E-state index >= 15 is 0 Å². The summed E-state index contributed by atoms with van der Waals surface area (Å²) in [4.78, 5) is 18.4. The molecule has 1 amide bonds. The van der Waals surface area contributed by atoms with E-state index in [0.717, 1.165) is 12.1 Å². The molecule has 130 valence electrons. The number of thioether (sulfide) groups is 1. The van der Waals surface area contributed by atoms with Crippen molar-refractivity contribution in [2.45, 2.75) is 31.6 Å². The summed E-state index contributed by atoms with van der Waals surface area (Å²) in [6.07, 6.45) is 0.721. The number of aliphatic imine (C=N–C) groups is 1. The third-order valence-corrected chi connectivity index (χ3v) is 7.84. The first kappa shape index (κ1) is 17.8. The summed E-state index contributed by atoms with van der Waals surface area (Å²) in [5.41, 5.74) is 0.773. The van der Waals surface area contributed by atoms with Gasteiger partial charge in [-0.05, 0) is 24.6 Å². The van der Waals surface area contributed by atoms with Gasteiger partial charge in [-0.25, -0.2) is 8.42 Å². The normalized spacial score (nSPS) is 28.1. The Kier molecular flexibility index (Phi) is 4.95. The zero-order valence-corrected chi connectivity index (χ0v) is 15.9. The van der Waals surface area contributed by atoms with Gasteiger partial charge in [0.15, 0.2) is 15.0 Å². The minimum atomic E-state index is -3.06. The van der Waals surface area contributed by atoms with E-state index in [9.17, 15) is 13.2 Å². The van der Waals surface area contributed by atoms with Gasteiger partial charge in [-0.2, -0.15) is 4.99 Å². The van der Waals surface area contributed by atoms with Crippen molar-refractivity contribution in [3.05, 3.63) is 29.3 Å². The highest BCUT2D eigenvalue weighted by molar-refractivity contribution is 8.16. The summed E-state index contributed by atoms with van der Waals surface area (Å²) in [6.45, 7) is 3.79. The SMILES string of the molecule is CC[C@H](C)C(=O)N=C1S[C@@H]2CS(=O)(=O)C[C@H]2N1c1cccc(Cl)c1. The fourth-order valence-corrected chi connectivity index (χ4v) is 6.98. The lowest BCUT2D eigenvalue weighted by atomic mass is 10.1. The molecule has 2 aliphatic rings. The van der Waals surface area contributed by atoms with Gasteiger partial charge in [-0.3, -0.25) is 4.79 Å². The third kappa shape index (κ3) is 3.48. The van der Waals surface area contributed by atoms with Crippen molar-refractivity contribution in [1.29, 1.82) is 0 Å². The zero-order valence-electron chi connectivity index (χ0n) is 13.5. The second-order valence-corrected chi connectivity index (χ2v) is 9.99. The predicted molar refractivity (Wildman–Crippen MR) is 99.6 cm³/mol. The van der Waals surface area contributed by atoms with Gasteiger partial charge in [0.2, 0.25) is 0 Å². The molecule has 8 heteroatoms. The Bertz CT molecular complexity index is 794. The molecule has 0 radical (unpaired) electrons. The van der Waals surface area contributed by atoms with Gasteiger partial charge in [-0.15, -0.1) is 0 Å². The van der Waals surface area contributed by atoms with Gasteiger partial charge in [-0.1, -0.05) is 43.3 Å². The second kappa shape index (κ2) is 6.69. The van der Waals surface area contributed by atoms with Crippen molar-refractivity contribution in [3.63, 3.8) is 0 Å². The van der Waals surface area contributed by atoms with Gasteiger partial charge < -0.3 is 4.90 Å². The molecule has 2 fully saturated rings. The molecule has 2 saturated heterocycles. The molecule has 3 atom stereocenters. The second-order valence-electron chi connectivity index (χ2n) is 6.19. The maximum atomic E-state index is 12.2.